The second kappa shape index (κ2) is 5.09. The summed E-state index contributed by atoms with van der Waals surface area (Å²) >= 11 is 0. The third kappa shape index (κ3) is 3.17. The number of primary amides is 1. The minimum atomic E-state index is -0.256. The highest BCUT2D eigenvalue weighted by atomic mass is 16.2. The van der Waals surface area contributed by atoms with Crippen LogP contribution in [0.25, 0.3) is 0 Å². The highest BCUT2D eigenvalue weighted by Crippen LogP contribution is 2.16. The average Bonchev–Trinajstić information content (AvgIpc) is 2.65. The number of hydrogen-bond acceptors (Lipinski definition) is 4. The molecule has 0 spiro atoms. The second-order valence-corrected chi connectivity index (χ2v) is 4.06. The predicted molar refractivity (Wildman–Crippen MR) is 55.2 cm³/mol. The molecule has 1 fully saturated rings. The van der Waals surface area contributed by atoms with E-state index in [1.54, 1.807) is 6.92 Å². The standard InChI is InChI=1S/C9H18N4O2/c1-6(9(15)12-11)4-13-3-2-7(5-13)8(10)14/h6-7H,2-5,11H2,1H3,(H2,10,14)(H,12,15). The number of rotatable bonds is 4. The van der Waals surface area contributed by atoms with E-state index in [-0.39, 0.29) is 23.7 Å². The van der Waals surface area contributed by atoms with Crippen molar-refractivity contribution >= 4 is 11.8 Å². The van der Waals surface area contributed by atoms with E-state index in [1.807, 2.05) is 0 Å². The highest BCUT2D eigenvalue weighted by molar-refractivity contribution is 5.78. The fourth-order valence-electron chi connectivity index (χ4n) is 1.84. The minimum Gasteiger partial charge on any atom is -0.369 e. The number of nitrogens with two attached hydrogens (primary N) is 2. The molecule has 1 heterocycles. The number of hydrogen-bond donors (Lipinski definition) is 3. The van der Waals surface area contributed by atoms with E-state index >= 15 is 0 Å². The molecule has 1 aliphatic heterocycles. The van der Waals surface area contributed by atoms with Crippen LogP contribution in [0.1, 0.15) is 13.3 Å². The summed E-state index contributed by atoms with van der Waals surface area (Å²) in [6.45, 7) is 3.89. The lowest BCUT2D eigenvalue weighted by Gasteiger charge is -2.19. The Labute approximate surface area is 88.9 Å². The molecule has 1 aliphatic rings. The van der Waals surface area contributed by atoms with Gasteiger partial charge in [-0.25, -0.2) is 5.84 Å². The van der Waals surface area contributed by atoms with Crippen molar-refractivity contribution in [1.29, 1.82) is 0 Å². The molecule has 2 atom stereocenters. The van der Waals surface area contributed by atoms with E-state index in [0.29, 0.717) is 13.1 Å². The van der Waals surface area contributed by atoms with E-state index in [0.717, 1.165) is 13.0 Å². The third-order valence-electron chi connectivity index (χ3n) is 2.80. The topological polar surface area (TPSA) is 101 Å². The summed E-state index contributed by atoms with van der Waals surface area (Å²) in [5.74, 6) is 4.36. The zero-order chi connectivity index (χ0) is 11.4. The van der Waals surface area contributed by atoms with Gasteiger partial charge in [0.05, 0.1) is 5.92 Å². The molecule has 0 aliphatic carbocycles. The van der Waals surface area contributed by atoms with E-state index in [1.165, 1.54) is 0 Å². The van der Waals surface area contributed by atoms with E-state index in [9.17, 15) is 9.59 Å². The summed E-state index contributed by atoms with van der Waals surface area (Å²) in [6, 6.07) is 0. The normalized spacial score (nSPS) is 23.7. The van der Waals surface area contributed by atoms with Gasteiger partial charge < -0.3 is 10.6 Å². The Hall–Kier alpha value is -1.14. The molecule has 1 rings (SSSR count). The zero-order valence-corrected chi connectivity index (χ0v) is 8.90. The van der Waals surface area contributed by atoms with Gasteiger partial charge in [0.15, 0.2) is 0 Å². The lowest BCUT2D eigenvalue weighted by atomic mass is 10.1. The lowest BCUT2D eigenvalue weighted by molar-refractivity contribution is -0.125. The Bertz CT molecular complexity index is 256. The summed E-state index contributed by atoms with van der Waals surface area (Å²) in [5.41, 5.74) is 7.33. The van der Waals surface area contributed by atoms with Crippen molar-refractivity contribution in [2.45, 2.75) is 13.3 Å². The van der Waals surface area contributed by atoms with Crippen LogP contribution in [0.5, 0.6) is 0 Å². The van der Waals surface area contributed by atoms with Gasteiger partial charge in [0, 0.05) is 19.0 Å². The van der Waals surface area contributed by atoms with Crippen LogP contribution in [-0.4, -0.2) is 36.3 Å². The molecule has 0 bridgehead atoms. The van der Waals surface area contributed by atoms with Crippen molar-refractivity contribution in [2.75, 3.05) is 19.6 Å². The number of nitrogens with zero attached hydrogens (tertiary/aromatic N) is 1. The zero-order valence-electron chi connectivity index (χ0n) is 8.90. The summed E-state index contributed by atoms with van der Waals surface area (Å²) in [7, 11) is 0. The molecule has 6 heteroatoms. The molecule has 5 N–H and O–H groups in total. The molecule has 86 valence electrons. The van der Waals surface area contributed by atoms with Gasteiger partial charge in [-0.1, -0.05) is 6.92 Å². The largest absolute Gasteiger partial charge is 0.369 e. The van der Waals surface area contributed by atoms with E-state index < -0.39 is 0 Å². The van der Waals surface area contributed by atoms with Crippen LogP contribution in [-0.2, 0) is 9.59 Å². The molecule has 0 aromatic heterocycles. The van der Waals surface area contributed by atoms with Crippen molar-refractivity contribution in [2.24, 2.45) is 23.4 Å². The molecule has 2 amide bonds. The Balaban J connectivity index is 2.36. The van der Waals surface area contributed by atoms with Crippen molar-refractivity contribution in [3.63, 3.8) is 0 Å². The molecule has 15 heavy (non-hydrogen) atoms. The van der Waals surface area contributed by atoms with Gasteiger partial charge in [0.25, 0.3) is 0 Å². The first-order valence-electron chi connectivity index (χ1n) is 5.06. The van der Waals surface area contributed by atoms with Gasteiger partial charge in [0.2, 0.25) is 11.8 Å². The first kappa shape index (κ1) is 11.9. The minimum absolute atomic E-state index is 0.0712. The van der Waals surface area contributed by atoms with Crippen molar-refractivity contribution in [3.05, 3.63) is 0 Å². The smallest absolute Gasteiger partial charge is 0.237 e. The maximum absolute atomic E-state index is 11.2. The number of carbonyl (C=O) groups excluding carboxylic acids is 2. The van der Waals surface area contributed by atoms with E-state index in [4.69, 9.17) is 11.6 Å². The van der Waals surface area contributed by atoms with Crippen molar-refractivity contribution in [1.82, 2.24) is 10.3 Å². The van der Waals surface area contributed by atoms with Gasteiger partial charge in [-0.3, -0.25) is 15.0 Å². The molecular formula is C9H18N4O2. The average molecular weight is 214 g/mol. The molecule has 1 saturated heterocycles. The summed E-state index contributed by atoms with van der Waals surface area (Å²) in [4.78, 5) is 24.1. The molecule has 0 aromatic carbocycles. The quantitative estimate of drug-likeness (QED) is 0.298. The molecule has 0 radical (unpaired) electrons. The fraction of sp³-hybridized carbons (Fsp3) is 0.778. The first-order valence-corrected chi connectivity index (χ1v) is 5.06. The number of carbonyl (C=O) groups is 2. The molecule has 2 unspecified atom stereocenters. The summed E-state index contributed by atoms with van der Waals surface area (Å²) < 4.78 is 0. The number of nitrogens with one attached hydrogen (secondary N) is 1. The number of hydrazine groups is 1. The summed E-state index contributed by atoms with van der Waals surface area (Å²) in [5, 5.41) is 0. The Morgan fingerprint density at radius 1 is 1.60 bits per heavy atom. The lowest BCUT2D eigenvalue weighted by Crippen LogP contribution is -2.40. The van der Waals surface area contributed by atoms with Crippen LogP contribution >= 0.6 is 0 Å². The predicted octanol–water partition coefficient (Wildman–Crippen LogP) is -1.58. The maximum Gasteiger partial charge on any atom is 0.237 e. The van der Waals surface area contributed by atoms with Crippen LogP contribution in [0.3, 0.4) is 0 Å². The van der Waals surface area contributed by atoms with Gasteiger partial charge in [-0.05, 0) is 13.0 Å². The van der Waals surface area contributed by atoms with Gasteiger partial charge >= 0.3 is 0 Å². The van der Waals surface area contributed by atoms with Crippen LogP contribution in [0.15, 0.2) is 0 Å². The number of likely N-dealkylation sites (tertiary alicyclic amines) is 1. The molecule has 0 aromatic rings. The van der Waals surface area contributed by atoms with Crippen LogP contribution in [0.2, 0.25) is 0 Å². The van der Waals surface area contributed by atoms with Crippen LogP contribution in [0.4, 0.5) is 0 Å². The molecule has 6 nitrogen and oxygen atoms in total. The maximum atomic E-state index is 11.2. The first-order chi connectivity index (χ1) is 7.04. The Morgan fingerprint density at radius 3 is 2.73 bits per heavy atom. The van der Waals surface area contributed by atoms with E-state index in [2.05, 4.69) is 10.3 Å². The van der Waals surface area contributed by atoms with Crippen molar-refractivity contribution in [3.8, 4) is 0 Å². The van der Waals surface area contributed by atoms with Gasteiger partial charge in [-0.15, -0.1) is 0 Å². The molecule has 0 saturated carbocycles. The monoisotopic (exact) mass is 214 g/mol. The summed E-state index contributed by atoms with van der Waals surface area (Å²) in [6.07, 6.45) is 0.784. The van der Waals surface area contributed by atoms with Gasteiger partial charge in [-0.2, -0.15) is 0 Å². The van der Waals surface area contributed by atoms with Crippen LogP contribution in [0, 0.1) is 11.8 Å². The van der Waals surface area contributed by atoms with Crippen molar-refractivity contribution < 1.29 is 9.59 Å². The highest BCUT2D eigenvalue weighted by Gasteiger charge is 2.28. The third-order valence-corrected chi connectivity index (χ3v) is 2.80. The van der Waals surface area contributed by atoms with Gasteiger partial charge in [0.1, 0.15) is 0 Å². The SMILES string of the molecule is CC(CN1CCC(C(N)=O)C1)C(=O)NN. The Kier molecular flexibility index (Phi) is 4.05. The Morgan fingerprint density at radius 2 is 2.27 bits per heavy atom. The number of amides is 2. The molecular weight excluding hydrogens is 196 g/mol. The fourth-order valence-corrected chi connectivity index (χ4v) is 1.84. The second-order valence-electron chi connectivity index (χ2n) is 4.06. The van der Waals surface area contributed by atoms with Crippen LogP contribution < -0.4 is 17.0 Å².